The van der Waals surface area contributed by atoms with Crippen LogP contribution < -0.4 is 21.1 Å². The summed E-state index contributed by atoms with van der Waals surface area (Å²) in [5, 5.41) is 16.2. The fraction of sp³-hybridized carbons (Fsp3) is 0.429. The van der Waals surface area contributed by atoms with Gasteiger partial charge in [-0.1, -0.05) is 6.92 Å². The number of hydrogen-bond acceptors (Lipinski definition) is 7. The lowest BCUT2D eigenvalue weighted by Gasteiger charge is -2.31. The van der Waals surface area contributed by atoms with Crippen LogP contribution in [0.15, 0.2) is 23.0 Å². The van der Waals surface area contributed by atoms with Gasteiger partial charge in [-0.2, -0.15) is 4.98 Å². The molecule has 2 aliphatic heterocycles. The maximum atomic E-state index is 13.0. The molecular formula is C21H24N6O5. The second-order valence-electron chi connectivity index (χ2n) is 8.37. The first kappa shape index (κ1) is 21.5. The highest BCUT2D eigenvalue weighted by atomic mass is 16.6. The van der Waals surface area contributed by atoms with Crippen molar-refractivity contribution in [3.63, 3.8) is 0 Å². The number of amides is 2. The lowest BCUT2D eigenvalue weighted by Crippen LogP contribution is -2.39. The molecule has 2 amide bonds. The number of carbonyl (C=O) groups excluding carboxylic acids is 2. The number of fused-ring (bicyclic) bond motifs is 1. The normalized spacial score (nSPS) is 18.6. The number of nitro benzene ring substituents is 1. The Kier molecular flexibility index (Phi) is 5.64. The third kappa shape index (κ3) is 4.18. The van der Waals surface area contributed by atoms with Gasteiger partial charge in [0.15, 0.2) is 0 Å². The number of piperidine rings is 1. The molecule has 1 aromatic heterocycles. The Morgan fingerprint density at radius 2 is 2.00 bits per heavy atom. The molecule has 32 heavy (non-hydrogen) atoms. The first-order valence-corrected chi connectivity index (χ1v) is 10.5. The van der Waals surface area contributed by atoms with Crippen molar-refractivity contribution in [2.24, 2.45) is 5.92 Å². The fourth-order valence-corrected chi connectivity index (χ4v) is 4.08. The number of non-ortho nitro benzene ring substituents is 1. The maximum absolute atomic E-state index is 13.0. The van der Waals surface area contributed by atoms with Crippen LogP contribution in [0.5, 0.6) is 0 Å². The van der Waals surface area contributed by atoms with Gasteiger partial charge in [0, 0.05) is 37.3 Å². The second kappa shape index (κ2) is 8.40. The molecule has 11 heteroatoms. The van der Waals surface area contributed by atoms with Crippen LogP contribution in [-0.4, -0.2) is 39.8 Å². The summed E-state index contributed by atoms with van der Waals surface area (Å²) in [6, 6.07) is 4.06. The Hall–Kier alpha value is -3.76. The molecule has 3 N–H and O–H groups in total. The Labute approximate surface area is 183 Å². The molecule has 1 fully saturated rings. The molecule has 4 rings (SSSR count). The number of rotatable bonds is 4. The van der Waals surface area contributed by atoms with Gasteiger partial charge >= 0.3 is 0 Å². The summed E-state index contributed by atoms with van der Waals surface area (Å²) in [5.74, 6) is -0.905. The van der Waals surface area contributed by atoms with Crippen molar-refractivity contribution < 1.29 is 14.5 Å². The molecule has 0 spiro atoms. The van der Waals surface area contributed by atoms with Crippen LogP contribution in [0.4, 0.5) is 23.1 Å². The molecule has 0 bridgehead atoms. The van der Waals surface area contributed by atoms with Gasteiger partial charge in [-0.15, -0.1) is 0 Å². The molecule has 1 saturated heterocycles. The summed E-state index contributed by atoms with van der Waals surface area (Å²) in [6.07, 6.45) is 1.76. The summed E-state index contributed by atoms with van der Waals surface area (Å²) >= 11 is 0. The van der Waals surface area contributed by atoms with E-state index in [0.717, 1.165) is 25.9 Å². The van der Waals surface area contributed by atoms with Crippen molar-refractivity contribution >= 4 is 35.0 Å². The van der Waals surface area contributed by atoms with Crippen molar-refractivity contribution in [3.8, 4) is 0 Å². The highest BCUT2D eigenvalue weighted by molar-refractivity contribution is 6.04. The van der Waals surface area contributed by atoms with Crippen LogP contribution in [0, 0.1) is 23.0 Å². The number of carbonyl (C=O) groups is 2. The molecule has 2 aliphatic rings. The minimum absolute atomic E-state index is 0.0943. The Morgan fingerprint density at radius 3 is 2.66 bits per heavy atom. The van der Waals surface area contributed by atoms with Crippen molar-refractivity contribution in [3.05, 3.63) is 49.8 Å². The molecule has 0 saturated carbocycles. The van der Waals surface area contributed by atoms with Crippen LogP contribution in [0.25, 0.3) is 0 Å². The molecular weight excluding hydrogens is 416 g/mol. The molecule has 0 aliphatic carbocycles. The van der Waals surface area contributed by atoms with Gasteiger partial charge in [-0.05, 0) is 37.3 Å². The van der Waals surface area contributed by atoms with Crippen molar-refractivity contribution in [1.82, 2.24) is 9.97 Å². The van der Waals surface area contributed by atoms with E-state index >= 15 is 0 Å². The zero-order valence-corrected chi connectivity index (χ0v) is 17.8. The fourth-order valence-electron chi connectivity index (χ4n) is 4.08. The molecule has 0 radical (unpaired) electrons. The number of anilines is 3. The lowest BCUT2D eigenvalue weighted by molar-refractivity contribution is -0.384. The van der Waals surface area contributed by atoms with E-state index < -0.39 is 28.2 Å². The topological polar surface area (TPSA) is 150 Å². The summed E-state index contributed by atoms with van der Waals surface area (Å²) in [7, 11) is 0. The van der Waals surface area contributed by atoms with E-state index in [1.165, 1.54) is 18.2 Å². The number of aromatic nitrogens is 2. The van der Waals surface area contributed by atoms with Gasteiger partial charge in [0.2, 0.25) is 17.8 Å². The Bertz CT molecular complexity index is 1150. The van der Waals surface area contributed by atoms with Crippen molar-refractivity contribution in [2.45, 2.75) is 39.0 Å². The standard InChI is InChI=1S/C21H24N6O5/c1-11-5-7-26(8-6-11)21-24-18-17(20(30)25-21)14(10-16(28)23-18)19(29)22-15-4-3-13(27(31)32)9-12(15)2/h3-4,9,11,14H,5-8,10H2,1-2H3,(H,22,29)(H2,23,24,25,28,30)/t14-/m1/s1. The minimum Gasteiger partial charge on any atom is -0.342 e. The van der Waals surface area contributed by atoms with Crippen LogP contribution in [0.1, 0.15) is 43.2 Å². The van der Waals surface area contributed by atoms with Gasteiger partial charge in [0.1, 0.15) is 5.82 Å². The summed E-state index contributed by atoms with van der Waals surface area (Å²) in [4.78, 5) is 57.8. The molecule has 0 unspecified atom stereocenters. The average Bonchev–Trinajstić information content (AvgIpc) is 2.74. The Morgan fingerprint density at radius 1 is 1.28 bits per heavy atom. The van der Waals surface area contributed by atoms with E-state index in [2.05, 4.69) is 27.5 Å². The molecule has 1 aromatic carbocycles. The van der Waals surface area contributed by atoms with Crippen molar-refractivity contribution in [1.29, 1.82) is 0 Å². The van der Waals surface area contributed by atoms with Gasteiger partial charge in [-0.25, -0.2) is 0 Å². The number of benzene rings is 1. The predicted molar refractivity (Wildman–Crippen MR) is 118 cm³/mol. The number of aryl methyl sites for hydroxylation is 1. The third-order valence-electron chi connectivity index (χ3n) is 6.02. The number of aromatic amines is 1. The van der Waals surface area contributed by atoms with Crippen LogP contribution >= 0.6 is 0 Å². The van der Waals surface area contributed by atoms with Gasteiger partial charge < -0.3 is 15.5 Å². The number of nitrogens with zero attached hydrogens (tertiary/aromatic N) is 3. The smallest absolute Gasteiger partial charge is 0.269 e. The quantitative estimate of drug-likeness (QED) is 0.487. The summed E-state index contributed by atoms with van der Waals surface area (Å²) < 4.78 is 0. The number of nitrogens with one attached hydrogen (secondary N) is 3. The molecule has 168 valence electrons. The Balaban J connectivity index is 1.61. The van der Waals surface area contributed by atoms with E-state index in [0.29, 0.717) is 23.1 Å². The average molecular weight is 440 g/mol. The number of H-pyrrole nitrogens is 1. The summed E-state index contributed by atoms with van der Waals surface area (Å²) in [6.45, 7) is 5.31. The van der Waals surface area contributed by atoms with Crippen LogP contribution in [0.2, 0.25) is 0 Å². The monoisotopic (exact) mass is 440 g/mol. The zero-order chi connectivity index (χ0) is 23.0. The van der Waals surface area contributed by atoms with Crippen LogP contribution in [0.3, 0.4) is 0 Å². The second-order valence-corrected chi connectivity index (χ2v) is 8.37. The van der Waals surface area contributed by atoms with Gasteiger partial charge in [0.05, 0.1) is 16.4 Å². The predicted octanol–water partition coefficient (Wildman–Crippen LogP) is 2.29. The maximum Gasteiger partial charge on any atom is 0.269 e. The first-order valence-electron chi connectivity index (χ1n) is 10.5. The molecule has 11 nitrogen and oxygen atoms in total. The van der Waals surface area contributed by atoms with Crippen LogP contribution in [-0.2, 0) is 9.59 Å². The SMILES string of the molecule is Cc1cc([N+](=O)[O-])ccc1NC(=O)[C@@H]1CC(=O)Nc2nc(N3CCC(C)CC3)[nH]c(=O)c21. The highest BCUT2D eigenvalue weighted by Gasteiger charge is 2.35. The van der Waals surface area contributed by atoms with E-state index in [1.807, 2.05) is 4.90 Å². The van der Waals surface area contributed by atoms with Gasteiger partial charge in [-0.3, -0.25) is 29.5 Å². The van der Waals surface area contributed by atoms with E-state index in [9.17, 15) is 24.5 Å². The molecule has 1 atom stereocenters. The largest absolute Gasteiger partial charge is 0.342 e. The highest BCUT2D eigenvalue weighted by Crippen LogP contribution is 2.31. The number of nitro groups is 1. The molecule has 3 heterocycles. The first-order chi connectivity index (χ1) is 15.2. The van der Waals surface area contributed by atoms with E-state index in [-0.39, 0.29) is 23.5 Å². The van der Waals surface area contributed by atoms with E-state index in [4.69, 9.17) is 0 Å². The molecule has 2 aromatic rings. The summed E-state index contributed by atoms with van der Waals surface area (Å²) in [5.41, 5.74) is 0.412. The van der Waals surface area contributed by atoms with Crippen molar-refractivity contribution in [2.75, 3.05) is 28.6 Å². The third-order valence-corrected chi connectivity index (χ3v) is 6.02. The lowest BCUT2D eigenvalue weighted by atomic mass is 9.92. The number of hydrogen-bond donors (Lipinski definition) is 3. The minimum atomic E-state index is -1.03. The van der Waals surface area contributed by atoms with E-state index in [1.54, 1.807) is 6.92 Å². The van der Waals surface area contributed by atoms with Gasteiger partial charge in [0.25, 0.3) is 11.2 Å². The zero-order valence-electron chi connectivity index (χ0n) is 17.8.